The summed E-state index contributed by atoms with van der Waals surface area (Å²) in [6.45, 7) is 4.14. The first-order chi connectivity index (χ1) is 8.70. The topological polar surface area (TPSA) is 50.9 Å². The molecule has 2 rings (SSSR count). The zero-order valence-electron chi connectivity index (χ0n) is 10.9. The lowest BCUT2D eigenvalue weighted by atomic mass is 10.1. The number of hydrogen-bond donors (Lipinski definition) is 2. The molecule has 0 atom stereocenters. The molecule has 0 saturated carbocycles. The molecule has 1 aromatic carbocycles. The molecule has 0 amide bonds. The standard InChI is InChI=1S/C15H19N3/c1-3-6-12-7-4-5-8-14(12)18-15-13(16)10-9-11(2)17-15/h4-5,7-10H,3,6,16H2,1-2H3,(H,17,18). The van der Waals surface area contributed by atoms with Gasteiger partial charge in [-0.05, 0) is 37.1 Å². The van der Waals surface area contributed by atoms with Gasteiger partial charge in [-0.1, -0.05) is 31.5 Å². The summed E-state index contributed by atoms with van der Waals surface area (Å²) in [4.78, 5) is 4.43. The fourth-order valence-corrected chi connectivity index (χ4v) is 1.92. The number of nitrogens with two attached hydrogens (primary N) is 1. The molecule has 2 aromatic rings. The molecule has 0 fully saturated rings. The molecule has 0 spiro atoms. The summed E-state index contributed by atoms with van der Waals surface area (Å²) >= 11 is 0. The Kier molecular flexibility index (Phi) is 3.82. The number of nitrogens with one attached hydrogen (secondary N) is 1. The average molecular weight is 241 g/mol. The maximum Gasteiger partial charge on any atom is 0.153 e. The van der Waals surface area contributed by atoms with Gasteiger partial charge in [-0.2, -0.15) is 0 Å². The molecule has 0 unspecified atom stereocenters. The SMILES string of the molecule is CCCc1ccccc1Nc1nc(C)ccc1N. The van der Waals surface area contributed by atoms with E-state index in [0.717, 1.165) is 30.0 Å². The molecule has 1 aromatic heterocycles. The third-order valence-corrected chi connectivity index (χ3v) is 2.86. The molecule has 0 aliphatic rings. The minimum atomic E-state index is 0.673. The molecule has 0 saturated heterocycles. The third-order valence-electron chi connectivity index (χ3n) is 2.86. The Morgan fingerprint density at radius 2 is 1.94 bits per heavy atom. The lowest BCUT2D eigenvalue weighted by Crippen LogP contribution is -2.02. The van der Waals surface area contributed by atoms with E-state index < -0.39 is 0 Å². The number of rotatable bonds is 4. The smallest absolute Gasteiger partial charge is 0.153 e. The lowest BCUT2D eigenvalue weighted by Gasteiger charge is -2.12. The van der Waals surface area contributed by atoms with Crippen molar-refractivity contribution in [2.45, 2.75) is 26.7 Å². The first-order valence-electron chi connectivity index (χ1n) is 6.28. The fraction of sp³-hybridized carbons (Fsp3) is 0.267. The zero-order valence-corrected chi connectivity index (χ0v) is 10.9. The van der Waals surface area contributed by atoms with E-state index in [0.29, 0.717) is 5.69 Å². The van der Waals surface area contributed by atoms with Crippen molar-refractivity contribution in [3.8, 4) is 0 Å². The van der Waals surface area contributed by atoms with Crippen LogP contribution in [0.4, 0.5) is 17.2 Å². The molecule has 94 valence electrons. The molecule has 0 aliphatic heterocycles. The normalized spacial score (nSPS) is 10.3. The van der Waals surface area contributed by atoms with Crippen LogP contribution in [0.3, 0.4) is 0 Å². The number of hydrogen-bond acceptors (Lipinski definition) is 3. The quantitative estimate of drug-likeness (QED) is 0.858. The highest BCUT2D eigenvalue weighted by Gasteiger charge is 2.05. The largest absolute Gasteiger partial charge is 0.396 e. The predicted molar refractivity (Wildman–Crippen MR) is 77.1 cm³/mol. The number of para-hydroxylation sites is 1. The Labute approximate surface area is 108 Å². The summed E-state index contributed by atoms with van der Waals surface area (Å²) in [7, 11) is 0. The minimum Gasteiger partial charge on any atom is -0.396 e. The second-order valence-electron chi connectivity index (χ2n) is 4.42. The second-order valence-corrected chi connectivity index (χ2v) is 4.42. The van der Waals surface area contributed by atoms with Crippen LogP contribution < -0.4 is 11.1 Å². The second kappa shape index (κ2) is 5.54. The van der Waals surface area contributed by atoms with E-state index in [1.165, 1.54) is 5.56 Å². The molecule has 3 heteroatoms. The van der Waals surface area contributed by atoms with Crippen molar-refractivity contribution >= 4 is 17.2 Å². The minimum absolute atomic E-state index is 0.673. The number of nitrogen functional groups attached to an aromatic ring is 1. The van der Waals surface area contributed by atoms with Gasteiger partial charge in [-0.25, -0.2) is 4.98 Å². The van der Waals surface area contributed by atoms with E-state index in [9.17, 15) is 0 Å². The van der Waals surface area contributed by atoms with Crippen molar-refractivity contribution in [3.05, 3.63) is 47.7 Å². The van der Waals surface area contributed by atoms with E-state index in [2.05, 4.69) is 35.4 Å². The van der Waals surface area contributed by atoms with Gasteiger partial charge < -0.3 is 11.1 Å². The predicted octanol–water partition coefficient (Wildman–Crippen LogP) is 3.67. The first kappa shape index (κ1) is 12.4. The summed E-state index contributed by atoms with van der Waals surface area (Å²) in [5.74, 6) is 0.735. The molecule has 18 heavy (non-hydrogen) atoms. The third kappa shape index (κ3) is 2.80. The van der Waals surface area contributed by atoms with E-state index in [1.807, 2.05) is 25.1 Å². The summed E-state index contributed by atoms with van der Waals surface area (Å²) in [6.07, 6.45) is 2.17. The van der Waals surface area contributed by atoms with Crippen LogP contribution in [0.25, 0.3) is 0 Å². The highest BCUT2D eigenvalue weighted by molar-refractivity contribution is 5.70. The van der Waals surface area contributed by atoms with Gasteiger partial charge in [0, 0.05) is 11.4 Å². The highest BCUT2D eigenvalue weighted by atomic mass is 15.0. The van der Waals surface area contributed by atoms with Crippen molar-refractivity contribution in [2.24, 2.45) is 0 Å². The highest BCUT2D eigenvalue weighted by Crippen LogP contribution is 2.24. The van der Waals surface area contributed by atoms with Crippen LogP contribution in [0.15, 0.2) is 36.4 Å². The van der Waals surface area contributed by atoms with Gasteiger partial charge in [-0.3, -0.25) is 0 Å². The van der Waals surface area contributed by atoms with Crippen LogP contribution in [0.5, 0.6) is 0 Å². The number of aromatic nitrogens is 1. The van der Waals surface area contributed by atoms with Crippen molar-refractivity contribution in [2.75, 3.05) is 11.1 Å². The number of nitrogens with zero attached hydrogens (tertiary/aromatic N) is 1. The molecular weight excluding hydrogens is 222 g/mol. The Morgan fingerprint density at radius 1 is 1.17 bits per heavy atom. The van der Waals surface area contributed by atoms with Gasteiger partial charge in [0.05, 0.1) is 5.69 Å². The molecule has 3 nitrogen and oxygen atoms in total. The average Bonchev–Trinajstić information content (AvgIpc) is 2.36. The van der Waals surface area contributed by atoms with Crippen molar-refractivity contribution < 1.29 is 0 Å². The van der Waals surface area contributed by atoms with Crippen LogP contribution in [0, 0.1) is 6.92 Å². The Balaban J connectivity index is 2.30. The van der Waals surface area contributed by atoms with Crippen LogP contribution in [-0.2, 0) is 6.42 Å². The molecule has 0 radical (unpaired) electrons. The number of aryl methyl sites for hydroxylation is 2. The summed E-state index contributed by atoms with van der Waals surface area (Å²) < 4.78 is 0. The Morgan fingerprint density at radius 3 is 2.72 bits per heavy atom. The summed E-state index contributed by atoms with van der Waals surface area (Å²) in [5, 5.41) is 3.33. The molecule has 1 heterocycles. The fourth-order valence-electron chi connectivity index (χ4n) is 1.92. The number of anilines is 3. The van der Waals surface area contributed by atoms with E-state index >= 15 is 0 Å². The van der Waals surface area contributed by atoms with E-state index in [4.69, 9.17) is 5.73 Å². The summed E-state index contributed by atoms with van der Waals surface area (Å²) in [5.41, 5.74) is 9.95. The van der Waals surface area contributed by atoms with E-state index in [1.54, 1.807) is 0 Å². The van der Waals surface area contributed by atoms with Crippen LogP contribution >= 0.6 is 0 Å². The number of benzene rings is 1. The van der Waals surface area contributed by atoms with Gasteiger partial charge in [0.2, 0.25) is 0 Å². The van der Waals surface area contributed by atoms with Gasteiger partial charge in [0.25, 0.3) is 0 Å². The van der Waals surface area contributed by atoms with Gasteiger partial charge in [0.1, 0.15) is 0 Å². The molecule has 3 N–H and O–H groups in total. The Hall–Kier alpha value is -2.03. The monoisotopic (exact) mass is 241 g/mol. The van der Waals surface area contributed by atoms with Crippen LogP contribution in [0.2, 0.25) is 0 Å². The summed E-state index contributed by atoms with van der Waals surface area (Å²) in [6, 6.07) is 12.1. The number of pyridine rings is 1. The first-order valence-corrected chi connectivity index (χ1v) is 6.28. The van der Waals surface area contributed by atoms with Crippen molar-refractivity contribution in [3.63, 3.8) is 0 Å². The van der Waals surface area contributed by atoms with E-state index in [-0.39, 0.29) is 0 Å². The van der Waals surface area contributed by atoms with Gasteiger partial charge in [0.15, 0.2) is 5.82 Å². The zero-order chi connectivity index (χ0) is 13.0. The molecule has 0 bridgehead atoms. The molecule has 0 aliphatic carbocycles. The molecular formula is C15H19N3. The van der Waals surface area contributed by atoms with Gasteiger partial charge in [-0.15, -0.1) is 0 Å². The van der Waals surface area contributed by atoms with Crippen molar-refractivity contribution in [1.29, 1.82) is 0 Å². The maximum absolute atomic E-state index is 5.94. The Bertz CT molecular complexity index is 535. The van der Waals surface area contributed by atoms with Crippen LogP contribution in [0.1, 0.15) is 24.6 Å². The lowest BCUT2D eigenvalue weighted by molar-refractivity contribution is 0.923. The maximum atomic E-state index is 5.94. The van der Waals surface area contributed by atoms with Gasteiger partial charge >= 0.3 is 0 Å². The van der Waals surface area contributed by atoms with Crippen LogP contribution in [-0.4, -0.2) is 4.98 Å². The van der Waals surface area contributed by atoms with Crippen molar-refractivity contribution in [1.82, 2.24) is 4.98 Å².